The Labute approximate surface area is 190 Å². The zero-order valence-corrected chi connectivity index (χ0v) is 19.9. The molecule has 0 aliphatic heterocycles. The lowest BCUT2D eigenvalue weighted by molar-refractivity contribution is 0.410. The van der Waals surface area contributed by atoms with E-state index in [1.54, 1.807) is 0 Å². The molecule has 5 rings (SSSR count). The largest absolute Gasteiger partial charge is 0.463 e. The third kappa shape index (κ3) is 3.58. The number of furan rings is 1. The van der Waals surface area contributed by atoms with Crippen molar-refractivity contribution < 1.29 is 4.42 Å². The van der Waals surface area contributed by atoms with Gasteiger partial charge in [-0.2, -0.15) is 0 Å². The molecule has 0 unspecified atom stereocenters. The predicted molar refractivity (Wildman–Crippen MR) is 136 cm³/mol. The Balaban J connectivity index is 1.75. The Bertz CT molecular complexity index is 1460. The monoisotopic (exact) mass is 421 g/mol. The minimum absolute atomic E-state index is 0.0380. The molecule has 0 bridgehead atoms. The zero-order chi connectivity index (χ0) is 22.7. The molecule has 162 valence electrons. The standard InChI is InChI=1S/C30H31NO/c1-29(2,3)17-21-18-32-28-23(21)11-12-24-25(28)13-14-31-27(24)20-15-19-9-7-8-10-22(19)26(16-20)30(4,5)6/h7-16,18H,17H2,1-6H3. The highest BCUT2D eigenvalue weighted by Crippen LogP contribution is 2.39. The number of hydrogen-bond acceptors (Lipinski definition) is 2. The van der Waals surface area contributed by atoms with Gasteiger partial charge in [-0.1, -0.05) is 77.9 Å². The summed E-state index contributed by atoms with van der Waals surface area (Å²) in [5.74, 6) is 0. The van der Waals surface area contributed by atoms with Crippen LogP contribution in [0, 0.1) is 5.41 Å². The fourth-order valence-corrected chi connectivity index (χ4v) is 4.81. The number of hydrogen-bond donors (Lipinski definition) is 0. The summed E-state index contributed by atoms with van der Waals surface area (Å²) in [6, 6.07) is 19.7. The van der Waals surface area contributed by atoms with Gasteiger partial charge in [0.15, 0.2) is 0 Å². The van der Waals surface area contributed by atoms with Crippen molar-refractivity contribution in [2.45, 2.75) is 53.4 Å². The highest BCUT2D eigenvalue weighted by atomic mass is 16.3. The average Bonchev–Trinajstić information content (AvgIpc) is 3.13. The number of rotatable bonds is 2. The normalized spacial score (nSPS) is 12.8. The van der Waals surface area contributed by atoms with Crippen LogP contribution in [0.2, 0.25) is 0 Å². The van der Waals surface area contributed by atoms with Crippen LogP contribution in [0.3, 0.4) is 0 Å². The summed E-state index contributed by atoms with van der Waals surface area (Å²) < 4.78 is 6.12. The lowest BCUT2D eigenvalue weighted by atomic mass is 9.82. The van der Waals surface area contributed by atoms with Crippen molar-refractivity contribution in [1.29, 1.82) is 0 Å². The molecule has 0 atom stereocenters. The second-order valence-corrected chi connectivity index (χ2v) is 11.2. The van der Waals surface area contributed by atoms with Crippen LogP contribution in [0.5, 0.6) is 0 Å². The van der Waals surface area contributed by atoms with Gasteiger partial charge >= 0.3 is 0 Å². The molecule has 0 radical (unpaired) electrons. The molecule has 5 aromatic rings. The molecule has 0 saturated carbocycles. The highest BCUT2D eigenvalue weighted by molar-refractivity contribution is 6.10. The van der Waals surface area contributed by atoms with Gasteiger partial charge in [0.05, 0.1) is 12.0 Å². The summed E-state index contributed by atoms with van der Waals surface area (Å²) in [5, 5.41) is 6.02. The number of pyridine rings is 1. The minimum Gasteiger partial charge on any atom is -0.463 e. The fourth-order valence-electron chi connectivity index (χ4n) is 4.81. The maximum atomic E-state index is 6.12. The van der Waals surface area contributed by atoms with Crippen LogP contribution in [0.4, 0.5) is 0 Å². The van der Waals surface area contributed by atoms with Crippen LogP contribution in [-0.4, -0.2) is 4.98 Å². The van der Waals surface area contributed by atoms with E-state index < -0.39 is 0 Å². The van der Waals surface area contributed by atoms with Crippen LogP contribution < -0.4 is 0 Å². The molecule has 0 amide bonds. The average molecular weight is 422 g/mol. The SMILES string of the molecule is CC(C)(C)Cc1coc2c1ccc1c(-c3cc(C(C)(C)C)c4ccccc4c3)nccc12. The molecule has 0 aliphatic rings. The maximum absolute atomic E-state index is 6.12. The molecule has 2 aromatic heterocycles. The number of nitrogens with zero attached hydrogens (tertiary/aromatic N) is 1. The topological polar surface area (TPSA) is 26.0 Å². The Hall–Kier alpha value is -3.13. The first-order chi connectivity index (χ1) is 15.1. The van der Waals surface area contributed by atoms with E-state index in [2.05, 4.69) is 96.1 Å². The van der Waals surface area contributed by atoms with E-state index >= 15 is 0 Å². The van der Waals surface area contributed by atoms with Gasteiger partial charge in [-0.15, -0.1) is 0 Å². The van der Waals surface area contributed by atoms with Gasteiger partial charge in [-0.05, 0) is 57.3 Å². The van der Waals surface area contributed by atoms with Crippen molar-refractivity contribution in [3.05, 3.63) is 78.2 Å². The highest BCUT2D eigenvalue weighted by Gasteiger charge is 2.21. The molecular weight excluding hydrogens is 390 g/mol. The van der Waals surface area contributed by atoms with E-state index in [9.17, 15) is 0 Å². The van der Waals surface area contributed by atoms with Gasteiger partial charge in [-0.3, -0.25) is 4.98 Å². The lowest BCUT2D eigenvalue weighted by Gasteiger charge is -2.23. The zero-order valence-electron chi connectivity index (χ0n) is 19.9. The predicted octanol–water partition coefficient (Wildman–Crippen LogP) is 8.69. The molecule has 2 heterocycles. The van der Waals surface area contributed by atoms with Gasteiger partial charge in [0.1, 0.15) is 5.58 Å². The molecule has 32 heavy (non-hydrogen) atoms. The summed E-state index contributed by atoms with van der Waals surface area (Å²) in [5.41, 5.74) is 5.99. The Morgan fingerprint density at radius 2 is 1.53 bits per heavy atom. The van der Waals surface area contributed by atoms with Crippen LogP contribution in [0.15, 0.2) is 71.5 Å². The molecule has 0 fully saturated rings. The van der Waals surface area contributed by atoms with Crippen LogP contribution in [-0.2, 0) is 11.8 Å². The van der Waals surface area contributed by atoms with E-state index in [1.165, 1.54) is 27.3 Å². The lowest BCUT2D eigenvalue weighted by Crippen LogP contribution is -2.12. The van der Waals surface area contributed by atoms with Gasteiger partial charge in [-0.25, -0.2) is 0 Å². The molecule has 0 aliphatic carbocycles. The van der Waals surface area contributed by atoms with E-state index in [1.807, 2.05) is 12.5 Å². The van der Waals surface area contributed by atoms with Crippen molar-refractivity contribution >= 4 is 32.5 Å². The first-order valence-corrected chi connectivity index (χ1v) is 11.4. The van der Waals surface area contributed by atoms with E-state index in [0.29, 0.717) is 0 Å². The molecular formula is C30H31NO. The molecule has 0 saturated heterocycles. The second-order valence-electron chi connectivity index (χ2n) is 11.2. The molecule has 2 heteroatoms. The van der Waals surface area contributed by atoms with Crippen molar-refractivity contribution in [3.63, 3.8) is 0 Å². The van der Waals surface area contributed by atoms with Gasteiger partial charge in [0.2, 0.25) is 0 Å². The first kappa shape index (κ1) is 20.8. The van der Waals surface area contributed by atoms with Crippen LogP contribution in [0.1, 0.15) is 52.7 Å². The smallest absolute Gasteiger partial charge is 0.142 e. The Morgan fingerprint density at radius 3 is 2.28 bits per heavy atom. The van der Waals surface area contributed by atoms with Crippen molar-refractivity contribution in [3.8, 4) is 11.3 Å². The minimum atomic E-state index is 0.0380. The number of fused-ring (bicyclic) bond motifs is 4. The number of benzene rings is 3. The summed E-state index contributed by atoms with van der Waals surface area (Å²) in [4.78, 5) is 4.84. The Morgan fingerprint density at radius 1 is 0.781 bits per heavy atom. The van der Waals surface area contributed by atoms with E-state index in [0.717, 1.165) is 34.0 Å². The van der Waals surface area contributed by atoms with Gasteiger partial charge in [0.25, 0.3) is 0 Å². The second kappa shape index (κ2) is 7.20. The van der Waals surface area contributed by atoms with Gasteiger partial charge in [0, 0.05) is 27.9 Å². The van der Waals surface area contributed by atoms with Crippen molar-refractivity contribution in [2.75, 3.05) is 0 Å². The summed E-state index contributed by atoms with van der Waals surface area (Å²) in [6.07, 6.45) is 4.83. The first-order valence-electron chi connectivity index (χ1n) is 11.4. The van der Waals surface area contributed by atoms with E-state index in [-0.39, 0.29) is 10.8 Å². The Kier molecular flexibility index (Phi) is 4.67. The van der Waals surface area contributed by atoms with Crippen molar-refractivity contribution in [2.24, 2.45) is 5.41 Å². The third-order valence-corrected chi connectivity index (χ3v) is 6.23. The fraction of sp³-hybridized carbons (Fsp3) is 0.300. The molecule has 0 spiro atoms. The summed E-state index contributed by atoms with van der Waals surface area (Å²) in [6.45, 7) is 13.6. The summed E-state index contributed by atoms with van der Waals surface area (Å²) >= 11 is 0. The molecule has 0 N–H and O–H groups in total. The quantitative estimate of drug-likeness (QED) is 0.285. The van der Waals surface area contributed by atoms with Gasteiger partial charge < -0.3 is 4.42 Å². The third-order valence-electron chi connectivity index (χ3n) is 6.23. The number of aromatic nitrogens is 1. The van der Waals surface area contributed by atoms with E-state index in [4.69, 9.17) is 9.40 Å². The van der Waals surface area contributed by atoms with Crippen LogP contribution >= 0.6 is 0 Å². The van der Waals surface area contributed by atoms with Crippen LogP contribution in [0.25, 0.3) is 43.8 Å². The van der Waals surface area contributed by atoms with Crippen molar-refractivity contribution in [1.82, 2.24) is 4.98 Å². The molecule has 3 aromatic carbocycles. The maximum Gasteiger partial charge on any atom is 0.142 e. The summed E-state index contributed by atoms with van der Waals surface area (Å²) in [7, 11) is 0. The molecule has 2 nitrogen and oxygen atoms in total.